The summed E-state index contributed by atoms with van der Waals surface area (Å²) >= 11 is 0. The van der Waals surface area contributed by atoms with Crippen molar-refractivity contribution in [1.82, 2.24) is 25.5 Å². The number of aromatic nitrogens is 4. The molecule has 0 aliphatic carbocycles. The van der Waals surface area contributed by atoms with Gasteiger partial charge in [-0.2, -0.15) is 4.68 Å². The minimum absolute atomic E-state index is 0.270. The summed E-state index contributed by atoms with van der Waals surface area (Å²) in [6.07, 6.45) is 0. The average molecular weight is 281 g/mol. The third-order valence-corrected chi connectivity index (χ3v) is 3.08. The molecular weight excluding hydrogens is 266 g/mol. The molecule has 0 aliphatic rings. The molecule has 106 valence electrons. The van der Waals surface area contributed by atoms with E-state index in [1.165, 1.54) is 0 Å². The molecule has 0 aliphatic heterocycles. The largest absolute Gasteiger partial charge is 0.508 e. The second-order valence-corrected chi connectivity index (χ2v) is 4.61. The summed E-state index contributed by atoms with van der Waals surface area (Å²) in [6.45, 7) is 1.24. The number of hydrogen-bond donors (Lipinski definition) is 2. The number of nitrogens with zero attached hydrogens (tertiary/aromatic N) is 4. The lowest BCUT2D eigenvalue weighted by Gasteiger charge is -2.06. The van der Waals surface area contributed by atoms with Gasteiger partial charge in [0.1, 0.15) is 5.75 Å². The fraction of sp³-hybridized carbons (Fsp3) is 0.133. The normalized spacial score (nSPS) is 10.7. The van der Waals surface area contributed by atoms with E-state index in [0.29, 0.717) is 13.1 Å². The van der Waals surface area contributed by atoms with Crippen LogP contribution in [0.3, 0.4) is 0 Å². The van der Waals surface area contributed by atoms with E-state index in [4.69, 9.17) is 0 Å². The van der Waals surface area contributed by atoms with Crippen LogP contribution in [0.4, 0.5) is 0 Å². The number of phenols is 1. The number of tetrazole rings is 1. The van der Waals surface area contributed by atoms with Crippen molar-refractivity contribution in [2.75, 3.05) is 0 Å². The topological polar surface area (TPSA) is 75.9 Å². The lowest BCUT2D eigenvalue weighted by Crippen LogP contribution is -2.16. The van der Waals surface area contributed by atoms with Crippen LogP contribution in [0.5, 0.6) is 5.75 Å². The fourth-order valence-electron chi connectivity index (χ4n) is 2.02. The summed E-state index contributed by atoms with van der Waals surface area (Å²) in [5, 5.41) is 24.3. The Balaban J connectivity index is 1.64. The summed E-state index contributed by atoms with van der Waals surface area (Å²) in [7, 11) is 0. The Morgan fingerprint density at radius 2 is 1.71 bits per heavy atom. The Hall–Kier alpha value is -2.73. The highest BCUT2D eigenvalue weighted by Gasteiger charge is 2.07. The second-order valence-electron chi connectivity index (χ2n) is 4.61. The van der Waals surface area contributed by atoms with Gasteiger partial charge < -0.3 is 10.4 Å². The number of nitrogens with one attached hydrogen (secondary N) is 1. The first-order valence-corrected chi connectivity index (χ1v) is 6.64. The zero-order valence-corrected chi connectivity index (χ0v) is 11.3. The van der Waals surface area contributed by atoms with E-state index in [1.807, 2.05) is 42.5 Å². The van der Waals surface area contributed by atoms with Crippen LogP contribution in [0.25, 0.3) is 5.69 Å². The highest BCUT2D eigenvalue weighted by molar-refractivity contribution is 5.30. The number of rotatable bonds is 5. The third kappa shape index (κ3) is 3.24. The number of phenolic OH excluding ortho intramolecular Hbond substituents is 1. The second kappa shape index (κ2) is 6.15. The van der Waals surface area contributed by atoms with Gasteiger partial charge >= 0.3 is 0 Å². The summed E-state index contributed by atoms with van der Waals surface area (Å²) in [4.78, 5) is 0. The SMILES string of the molecule is Oc1ccc(CNCc2nnnn2-c2ccccc2)cc1. The molecule has 1 heterocycles. The summed E-state index contributed by atoms with van der Waals surface area (Å²) in [5.74, 6) is 1.02. The van der Waals surface area contributed by atoms with Crippen LogP contribution in [-0.2, 0) is 13.1 Å². The van der Waals surface area contributed by atoms with Crippen molar-refractivity contribution in [2.45, 2.75) is 13.1 Å². The summed E-state index contributed by atoms with van der Waals surface area (Å²) in [5.41, 5.74) is 2.02. The number of hydrogen-bond acceptors (Lipinski definition) is 5. The molecule has 2 aromatic carbocycles. The van der Waals surface area contributed by atoms with Gasteiger partial charge in [-0.05, 0) is 40.3 Å². The predicted octanol–water partition coefficient (Wildman–Crippen LogP) is 1.66. The van der Waals surface area contributed by atoms with Crippen LogP contribution in [-0.4, -0.2) is 25.3 Å². The smallest absolute Gasteiger partial charge is 0.170 e. The van der Waals surface area contributed by atoms with E-state index in [0.717, 1.165) is 17.1 Å². The molecule has 0 bridgehead atoms. The minimum Gasteiger partial charge on any atom is -0.508 e. The van der Waals surface area contributed by atoms with E-state index in [-0.39, 0.29) is 5.75 Å². The standard InChI is InChI=1S/C15H15N5O/c21-14-8-6-12(7-9-14)10-16-11-15-17-18-19-20(15)13-4-2-1-3-5-13/h1-9,16,21H,10-11H2. The molecule has 2 N–H and O–H groups in total. The van der Waals surface area contributed by atoms with Gasteiger partial charge in [-0.25, -0.2) is 0 Å². The Morgan fingerprint density at radius 1 is 0.952 bits per heavy atom. The van der Waals surface area contributed by atoms with Crippen molar-refractivity contribution in [1.29, 1.82) is 0 Å². The van der Waals surface area contributed by atoms with Crippen LogP contribution in [0.1, 0.15) is 11.4 Å². The first kappa shape index (κ1) is 13.3. The first-order chi connectivity index (χ1) is 10.3. The van der Waals surface area contributed by atoms with E-state index in [9.17, 15) is 5.11 Å². The number of aromatic hydroxyl groups is 1. The van der Waals surface area contributed by atoms with Crippen LogP contribution in [0, 0.1) is 0 Å². The monoisotopic (exact) mass is 281 g/mol. The molecule has 3 rings (SSSR count). The van der Waals surface area contributed by atoms with E-state index in [2.05, 4.69) is 20.8 Å². The van der Waals surface area contributed by atoms with Gasteiger partial charge in [0.25, 0.3) is 0 Å². The maximum absolute atomic E-state index is 9.24. The number of benzene rings is 2. The molecule has 0 fully saturated rings. The quantitative estimate of drug-likeness (QED) is 0.744. The van der Waals surface area contributed by atoms with Gasteiger partial charge in [0.2, 0.25) is 0 Å². The molecular formula is C15H15N5O. The Morgan fingerprint density at radius 3 is 2.48 bits per heavy atom. The lowest BCUT2D eigenvalue weighted by atomic mass is 10.2. The van der Waals surface area contributed by atoms with Crippen molar-refractivity contribution in [3.05, 3.63) is 66.0 Å². The van der Waals surface area contributed by atoms with E-state index in [1.54, 1.807) is 16.8 Å². The van der Waals surface area contributed by atoms with Crippen LogP contribution < -0.4 is 5.32 Å². The molecule has 0 radical (unpaired) electrons. The average Bonchev–Trinajstić information content (AvgIpc) is 2.99. The predicted molar refractivity (Wildman–Crippen MR) is 77.8 cm³/mol. The Bertz CT molecular complexity index is 694. The Labute approximate surface area is 122 Å². The van der Waals surface area contributed by atoms with Crippen LogP contribution in [0.2, 0.25) is 0 Å². The Kier molecular flexibility index (Phi) is 3.88. The lowest BCUT2D eigenvalue weighted by molar-refractivity contribution is 0.475. The maximum atomic E-state index is 9.24. The highest BCUT2D eigenvalue weighted by atomic mass is 16.3. The highest BCUT2D eigenvalue weighted by Crippen LogP contribution is 2.10. The molecule has 1 aromatic heterocycles. The van der Waals surface area contributed by atoms with E-state index >= 15 is 0 Å². The fourth-order valence-corrected chi connectivity index (χ4v) is 2.02. The molecule has 3 aromatic rings. The third-order valence-electron chi connectivity index (χ3n) is 3.08. The minimum atomic E-state index is 0.270. The molecule has 0 saturated heterocycles. The molecule has 0 spiro atoms. The van der Waals surface area contributed by atoms with Crippen molar-refractivity contribution in [3.8, 4) is 11.4 Å². The molecule has 6 heteroatoms. The van der Waals surface area contributed by atoms with Crippen molar-refractivity contribution < 1.29 is 5.11 Å². The van der Waals surface area contributed by atoms with Gasteiger partial charge in [0, 0.05) is 6.54 Å². The van der Waals surface area contributed by atoms with Gasteiger partial charge in [0.15, 0.2) is 5.82 Å². The molecule has 0 amide bonds. The van der Waals surface area contributed by atoms with Crippen LogP contribution >= 0.6 is 0 Å². The molecule has 21 heavy (non-hydrogen) atoms. The zero-order chi connectivity index (χ0) is 14.5. The molecule has 0 unspecified atom stereocenters. The van der Waals surface area contributed by atoms with Gasteiger partial charge in [-0.15, -0.1) is 5.10 Å². The molecule has 0 saturated carbocycles. The van der Waals surface area contributed by atoms with Gasteiger partial charge in [-0.1, -0.05) is 30.3 Å². The van der Waals surface area contributed by atoms with Crippen molar-refractivity contribution >= 4 is 0 Å². The van der Waals surface area contributed by atoms with Gasteiger partial charge in [-0.3, -0.25) is 0 Å². The maximum Gasteiger partial charge on any atom is 0.170 e. The van der Waals surface area contributed by atoms with Crippen LogP contribution in [0.15, 0.2) is 54.6 Å². The van der Waals surface area contributed by atoms with E-state index < -0.39 is 0 Å². The number of para-hydroxylation sites is 1. The molecule has 6 nitrogen and oxygen atoms in total. The van der Waals surface area contributed by atoms with Crippen molar-refractivity contribution in [2.24, 2.45) is 0 Å². The first-order valence-electron chi connectivity index (χ1n) is 6.64. The summed E-state index contributed by atoms with van der Waals surface area (Å²) in [6, 6.07) is 16.9. The molecule has 0 atom stereocenters. The zero-order valence-electron chi connectivity index (χ0n) is 11.3. The summed E-state index contributed by atoms with van der Waals surface area (Å²) < 4.78 is 1.71. The van der Waals surface area contributed by atoms with Gasteiger partial charge in [0.05, 0.1) is 12.2 Å². The van der Waals surface area contributed by atoms with Crippen molar-refractivity contribution in [3.63, 3.8) is 0 Å².